The van der Waals surface area contributed by atoms with Crippen LogP contribution in [0.4, 0.5) is 10.1 Å². The third-order valence-corrected chi connectivity index (χ3v) is 5.37. The Morgan fingerprint density at radius 2 is 1.79 bits per heavy atom. The van der Waals surface area contributed by atoms with Crippen LogP contribution in [0.25, 0.3) is 0 Å². The Labute approximate surface area is 140 Å². The van der Waals surface area contributed by atoms with Crippen molar-refractivity contribution in [2.75, 3.05) is 17.8 Å². The van der Waals surface area contributed by atoms with Crippen molar-refractivity contribution in [2.45, 2.75) is 18.2 Å². The number of hydrogen-bond donors (Lipinski definition) is 1. The van der Waals surface area contributed by atoms with Crippen molar-refractivity contribution in [3.8, 4) is 0 Å². The van der Waals surface area contributed by atoms with Gasteiger partial charge in [0.1, 0.15) is 5.82 Å². The van der Waals surface area contributed by atoms with Crippen molar-refractivity contribution < 1.29 is 17.6 Å². The number of aryl methyl sites for hydroxylation is 1. The van der Waals surface area contributed by atoms with Crippen LogP contribution in [0, 0.1) is 12.7 Å². The second-order valence-corrected chi connectivity index (χ2v) is 7.42. The van der Waals surface area contributed by atoms with Gasteiger partial charge in [-0.05, 0) is 55.3 Å². The van der Waals surface area contributed by atoms with Gasteiger partial charge in [0.05, 0.1) is 4.90 Å². The number of amides is 1. The Bertz CT molecular complexity index is 875. The van der Waals surface area contributed by atoms with Crippen molar-refractivity contribution >= 4 is 21.6 Å². The van der Waals surface area contributed by atoms with Crippen molar-refractivity contribution in [3.05, 3.63) is 59.4 Å². The monoisotopic (exact) mass is 348 g/mol. The Balaban J connectivity index is 1.90. The van der Waals surface area contributed by atoms with E-state index in [0.717, 1.165) is 12.0 Å². The molecule has 1 fully saturated rings. The molecule has 0 spiro atoms. The van der Waals surface area contributed by atoms with Gasteiger partial charge in [-0.15, -0.1) is 0 Å². The van der Waals surface area contributed by atoms with Crippen LogP contribution in [-0.4, -0.2) is 32.3 Å². The molecule has 0 radical (unpaired) electrons. The van der Waals surface area contributed by atoms with Crippen LogP contribution in [0.2, 0.25) is 0 Å². The number of rotatable bonds is 4. The molecule has 0 atom stereocenters. The molecule has 24 heavy (non-hydrogen) atoms. The lowest BCUT2D eigenvalue weighted by Gasteiger charge is -2.31. The smallest absolute Gasteiger partial charge is 0.261 e. The van der Waals surface area contributed by atoms with E-state index in [0.29, 0.717) is 18.7 Å². The van der Waals surface area contributed by atoms with Crippen LogP contribution >= 0.6 is 0 Å². The molecule has 126 valence electrons. The fourth-order valence-corrected chi connectivity index (χ4v) is 3.50. The molecule has 1 saturated heterocycles. The molecule has 0 aromatic heterocycles. The van der Waals surface area contributed by atoms with Gasteiger partial charge in [0.25, 0.3) is 15.9 Å². The Hall–Kier alpha value is -2.41. The second kappa shape index (κ2) is 6.24. The van der Waals surface area contributed by atoms with Crippen LogP contribution in [0.3, 0.4) is 0 Å². The zero-order valence-corrected chi connectivity index (χ0v) is 13.9. The number of hydrogen-bond acceptors (Lipinski definition) is 3. The number of nitrogens with zero attached hydrogens (tertiary/aromatic N) is 1. The van der Waals surface area contributed by atoms with Gasteiger partial charge in [-0.25, -0.2) is 12.8 Å². The van der Waals surface area contributed by atoms with Crippen LogP contribution in [0.1, 0.15) is 22.3 Å². The van der Waals surface area contributed by atoms with Crippen molar-refractivity contribution in [1.29, 1.82) is 0 Å². The predicted molar refractivity (Wildman–Crippen MR) is 88.9 cm³/mol. The lowest BCUT2D eigenvalue weighted by molar-refractivity contribution is 0.0651. The third-order valence-electron chi connectivity index (χ3n) is 3.99. The predicted octanol–water partition coefficient (Wildman–Crippen LogP) is 2.78. The molecule has 3 rings (SSSR count). The summed E-state index contributed by atoms with van der Waals surface area (Å²) in [6, 6.07) is 9.49. The van der Waals surface area contributed by atoms with Gasteiger partial charge in [-0.2, -0.15) is 0 Å². The molecule has 2 aromatic rings. The Morgan fingerprint density at radius 3 is 2.38 bits per heavy atom. The highest BCUT2D eigenvalue weighted by molar-refractivity contribution is 7.92. The van der Waals surface area contributed by atoms with E-state index in [1.54, 1.807) is 17.9 Å². The summed E-state index contributed by atoms with van der Waals surface area (Å²) in [5, 5.41) is 0. The summed E-state index contributed by atoms with van der Waals surface area (Å²) in [5.74, 6) is -0.603. The summed E-state index contributed by atoms with van der Waals surface area (Å²) in [7, 11) is -3.86. The largest absolute Gasteiger partial charge is 0.339 e. The minimum atomic E-state index is -3.86. The first kappa shape index (κ1) is 16.4. The van der Waals surface area contributed by atoms with Crippen LogP contribution < -0.4 is 4.72 Å². The normalized spacial score (nSPS) is 14.2. The van der Waals surface area contributed by atoms with Gasteiger partial charge in [-0.3, -0.25) is 9.52 Å². The Morgan fingerprint density at radius 1 is 1.12 bits per heavy atom. The van der Waals surface area contributed by atoms with Crippen LogP contribution in [0.15, 0.2) is 47.4 Å². The first-order chi connectivity index (χ1) is 11.4. The molecular weight excluding hydrogens is 331 g/mol. The molecule has 0 unspecified atom stereocenters. The number of likely N-dealkylation sites (tertiary alicyclic amines) is 1. The third kappa shape index (κ3) is 3.26. The number of carbonyl (C=O) groups is 1. The minimum Gasteiger partial charge on any atom is -0.339 e. The molecule has 1 N–H and O–H groups in total. The van der Waals surface area contributed by atoms with E-state index in [-0.39, 0.29) is 16.5 Å². The molecule has 2 aromatic carbocycles. The summed E-state index contributed by atoms with van der Waals surface area (Å²) >= 11 is 0. The summed E-state index contributed by atoms with van der Waals surface area (Å²) in [6.45, 7) is 3.17. The molecule has 1 amide bonds. The van der Waals surface area contributed by atoms with Gasteiger partial charge < -0.3 is 4.90 Å². The molecule has 7 heteroatoms. The summed E-state index contributed by atoms with van der Waals surface area (Å²) in [5.41, 5.74) is 1.37. The van der Waals surface area contributed by atoms with Crippen LogP contribution in [0.5, 0.6) is 0 Å². The van der Waals surface area contributed by atoms with Gasteiger partial charge in [0.2, 0.25) is 0 Å². The van der Waals surface area contributed by atoms with Gasteiger partial charge in [0.15, 0.2) is 0 Å². The van der Waals surface area contributed by atoms with Gasteiger partial charge >= 0.3 is 0 Å². The average Bonchev–Trinajstić information content (AvgIpc) is 2.48. The lowest BCUT2D eigenvalue weighted by Crippen LogP contribution is -2.42. The first-order valence-electron chi connectivity index (χ1n) is 7.55. The maximum Gasteiger partial charge on any atom is 0.261 e. The molecule has 0 aliphatic carbocycles. The standard InChI is InChI=1S/C17H17FN2O3S/c1-12-3-8-15(11-16(12)17(21)20-9-2-10-20)24(22,23)19-14-6-4-13(18)5-7-14/h3-8,11,19H,2,9-10H2,1H3. The number of benzene rings is 2. The van der Waals surface area contributed by atoms with Gasteiger partial charge in [-0.1, -0.05) is 6.07 Å². The van der Waals surface area contributed by atoms with E-state index in [4.69, 9.17) is 0 Å². The minimum absolute atomic E-state index is 0.00120. The van der Waals surface area contributed by atoms with E-state index in [1.807, 2.05) is 0 Å². The van der Waals surface area contributed by atoms with E-state index in [2.05, 4.69) is 4.72 Å². The molecule has 1 heterocycles. The highest BCUT2D eigenvalue weighted by atomic mass is 32.2. The zero-order chi connectivity index (χ0) is 17.3. The number of anilines is 1. The zero-order valence-electron chi connectivity index (χ0n) is 13.1. The maximum atomic E-state index is 12.9. The summed E-state index contributed by atoms with van der Waals surface area (Å²) in [4.78, 5) is 14.1. The quantitative estimate of drug-likeness (QED) is 0.924. The summed E-state index contributed by atoms with van der Waals surface area (Å²) in [6.07, 6.45) is 0.967. The van der Waals surface area contributed by atoms with Crippen molar-refractivity contribution in [1.82, 2.24) is 4.90 Å². The first-order valence-corrected chi connectivity index (χ1v) is 9.03. The van der Waals surface area contributed by atoms with E-state index >= 15 is 0 Å². The van der Waals surface area contributed by atoms with Crippen molar-refractivity contribution in [3.63, 3.8) is 0 Å². The van der Waals surface area contributed by atoms with Crippen molar-refractivity contribution in [2.24, 2.45) is 0 Å². The molecule has 5 nitrogen and oxygen atoms in total. The number of halogens is 1. The fourth-order valence-electron chi connectivity index (χ4n) is 2.42. The molecule has 0 saturated carbocycles. The topological polar surface area (TPSA) is 66.5 Å². The fraction of sp³-hybridized carbons (Fsp3) is 0.235. The second-order valence-electron chi connectivity index (χ2n) is 5.73. The van der Waals surface area contributed by atoms with Gasteiger partial charge in [0, 0.05) is 24.3 Å². The molecule has 1 aliphatic heterocycles. The lowest BCUT2D eigenvalue weighted by atomic mass is 10.1. The number of carbonyl (C=O) groups excluding carboxylic acids is 1. The SMILES string of the molecule is Cc1ccc(S(=O)(=O)Nc2ccc(F)cc2)cc1C(=O)N1CCC1. The highest BCUT2D eigenvalue weighted by Crippen LogP contribution is 2.22. The number of nitrogens with one attached hydrogen (secondary N) is 1. The van der Waals surface area contributed by atoms with Crippen LogP contribution in [-0.2, 0) is 10.0 Å². The van der Waals surface area contributed by atoms with E-state index in [9.17, 15) is 17.6 Å². The van der Waals surface area contributed by atoms with E-state index in [1.165, 1.54) is 36.4 Å². The maximum absolute atomic E-state index is 12.9. The molecular formula is C17H17FN2O3S. The molecule has 1 aliphatic rings. The molecule has 0 bridgehead atoms. The highest BCUT2D eigenvalue weighted by Gasteiger charge is 2.25. The Kier molecular flexibility index (Phi) is 4.28. The number of sulfonamides is 1. The average molecular weight is 348 g/mol. The van der Waals surface area contributed by atoms with E-state index < -0.39 is 15.8 Å². The summed E-state index contributed by atoms with van der Waals surface area (Å²) < 4.78 is 40.3.